The highest BCUT2D eigenvalue weighted by Crippen LogP contribution is 2.25. The molecule has 4 rings (SSSR count). The third-order valence-corrected chi connectivity index (χ3v) is 8.55. The van der Waals surface area contributed by atoms with Crippen LogP contribution in [0.15, 0.2) is 114 Å². The summed E-state index contributed by atoms with van der Waals surface area (Å²) in [5, 5.41) is 3.15. The number of benzene rings is 4. The van der Waals surface area contributed by atoms with E-state index in [2.05, 4.69) is 5.32 Å². The Kier molecular flexibility index (Phi) is 9.75. The minimum atomic E-state index is -4.29. The third kappa shape index (κ3) is 7.50. The van der Waals surface area contributed by atoms with Gasteiger partial charge in [0, 0.05) is 25.0 Å². The number of amides is 2. The van der Waals surface area contributed by atoms with Gasteiger partial charge in [-0.2, -0.15) is 0 Å². The molecule has 1 atom stereocenters. The average Bonchev–Trinajstić information content (AvgIpc) is 2.99. The SMILES string of the molecule is CNC(=O)[C@@H](Cc1ccccc1)N(Cc1ccc(Cl)cc1)C(=O)CN(c1ccccc1)S(=O)(=O)c1ccc(F)cc1. The highest BCUT2D eigenvalue weighted by Gasteiger charge is 2.34. The number of hydrogen-bond acceptors (Lipinski definition) is 4. The maximum atomic E-state index is 14.1. The van der Waals surface area contributed by atoms with E-state index < -0.39 is 40.2 Å². The van der Waals surface area contributed by atoms with Crippen LogP contribution >= 0.6 is 11.6 Å². The summed E-state index contributed by atoms with van der Waals surface area (Å²) in [4.78, 5) is 28.6. The van der Waals surface area contributed by atoms with Gasteiger partial charge in [0.25, 0.3) is 10.0 Å². The van der Waals surface area contributed by atoms with E-state index >= 15 is 0 Å². The quantitative estimate of drug-likeness (QED) is 0.263. The van der Waals surface area contributed by atoms with Crippen LogP contribution in [0.4, 0.5) is 10.1 Å². The summed E-state index contributed by atoms with van der Waals surface area (Å²) in [5.41, 5.74) is 1.78. The Bertz CT molecular complexity index is 1570. The van der Waals surface area contributed by atoms with Crippen molar-refractivity contribution < 1.29 is 22.4 Å². The van der Waals surface area contributed by atoms with E-state index in [1.54, 1.807) is 54.6 Å². The summed E-state index contributed by atoms with van der Waals surface area (Å²) in [6.45, 7) is -0.570. The Morgan fingerprint density at radius 3 is 2.00 bits per heavy atom. The molecule has 0 radical (unpaired) electrons. The molecule has 0 saturated heterocycles. The minimum absolute atomic E-state index is 0.0279. The summed E-state index contributed by atoms with van der Waals surface area (Å²) < 4.78 is 42.2. The van der Waals surface area contributed by atoms with Gasteiger partial charge in [-0.15, -0.1) is 0 Å². The number of rotatable bonds is 11. The lowest BCUT2D eigenvalue weighted by atomic mass is 10.0. The number of likely N-dealkylation sites (N-methyl/N-ethyl adjacent to an activating group) is 1. The minimum Gasteiger partial charge on any atom is -0.357 e. The molecule has 0 aliphatic heterocycles. The Morgan fingerprint density at radius 1 is 0.829 bits per heavy atom. The van der Waals surface area contributed by atoms with E-state index in [9.17, 15) is 22.4 Å². The Labute approximate surface area is 244 Å². The molecule has 7 nitrogen and oxygen atoms in total. The fourth-order valence-corrected chi connectivity index (χ4v) is 5.90. The van der Waals surface area contributed by atoms with E-state index in [0.29, 0.717) is 10.6 Å². The molecule has 212 valence electrons. The van der Waals surface area contributed by atoms with Gasteiger partial charge in [-0.05, 0) is 59.7 Å². The lowest BCUT2D eigenvalue weighted by molar-refractivity contribution is -0.139. The fraction of sp³-hybridized carbons (Fsp3) is 0.161. The van der Waals surface area contributed by atoms with Crippen molar-refractivity contribution in [3.63, 3.8) is 0 Å². The van der Waals surface area contributed by atoms with Crippen molar-refractivity contribution >= 4 is 39.1 Å². The zero-order valence-corrected chi connectivity index (χ0v) is 23.9. The molecule has 0 unspecified atom stereocenters. The number of halogens is 2. The van der Waals surface area contributed by atoms with Gasteiger partial charge < -0.3 is 10.2 Å². The monoisotopic (exact) mass is 593 g/mol. The zero-order valence-electron chi connectivity index (χ0n) is 22.3. The summed E-state index contributed by atoms with van der Waals surface area (Å²) >= 11 is 6.07. The van der Waals surface area contributed by atoms with Crippen LogP contribution in [-0.4, -0.2) is 44.8 Å². The van der Waals surface area contributed by atoms with Gasteiger partial charge in [-0.3, -0.25) is 13.9 Å². The van der Waals surface area contributed by atoms with Gasteiger partial charge in [-0.25, -0.2) is 12.8 Å². The smallest absolute Gasteiger partial charge is 0.264 e. The second-order valence-corrected chi connectivity index (χ2v) is 11.6. The van der Waals surface area contributed by atoms with Crippen LogP contribution in [-0.2, 0) is 32.6 Å². The topological polar surface area (TPSA) is 86.8 Å². The van der Waals surface area contributed by atoms with Gasteiger partial charge in [0.15, 0.2) is 0 Å². The van der Waals surface area contributed by atoms with Crippen molar-refractivity contribution in [3.8, 4) is 0 Å². The Morgan fingerprint density at radius 2 is 1.41 bits per heavy atom. The number of carbonyl (C=O) groups is 2. The van der Waals surface area contributed by atoms with E-state index in [4.69, 9.17) is 11.6 Å². The van der Waals surface area contributed by atoms with Crippen LogP contribution < -0.4 is 9.62 Å². The molecule has 4 aromatic carbocycles. The van der Waals surface area contributed by atoms with Crippen LogP contribution in [0.3, 0.4) is 0 Å². The first kappa shape index (κ1) is 29.8. The third-order valence-electron chi connectivity index (χ3n) is 6.51. The molecule has 2 amide bonds. The second kappa shape index (κ2) is 13.4. The number of sulfonamides is 1. The van der Waals surface area contributed by atoms with Crippen LogP contribution in [0, 0.1) is 5.82 Å². The van der Waals surface area contributed by atoms with Crippen molar-refractivity contribution in [1.29, 1.82) is 0 Å². The molecule has 41 heavy (non-hydrogen) atoms. The molecule has 10 heteroatoms. The molecule has 0 aliphatic rings. The van der Waals surface area contributed by atoms with Crippen molar-refractivity contribution in [3.05, 3.63) is 131 Å². The highest BCUT2D eigenvalue weighted by atomic mass is 35.5. The van der Waals surface area contributed by atoms with Gasteiger partial charge >= 0.3 is 0 Å². The van der Waals surface area contributed by atoms with Gasteiger partial charge in [0.2, 0.25) is 11.8 Å². The van der Waals surface area contributed by atoms with Crippen LogP contribution in [0.25, 0.3) is 0 Å². The second-order valence-electron chi connectivity index (χ2n) is 9.27. The van der Waals surface area contributed by atoms with Gasteiger partial charge in [0.05, 0.1) is 10.6 Å². The maximum absolute atomic E-state index is 14.1. The Balaban J connectivity index is 1.76. The molecular formula is C31H29ClFN3O4S. The number of anilines is 1. The number of hydrogen-bond donors (Lipinski definition) is 1. The molecule has 4 aromatic rings. The Hall–Kier alpha value is -4.21. The van der Waals surface area contributed by atoms with Crippen molar-refractivity contribution in [2.75, 3.05) is 17.9 Å². The number of para-hydroxylation sites is 1. The first-order valence-electron chi connectivity index (χ1n) is 12.8. The van der Waals surface area contributed by atoms with Gasteiger partial charge in [-0.1, -0.05) is 72.3 Å². The number of nitrogens with zero attached hydrogens (tertiary/aromatic N) is 2. The van der Waals surface area contributed by atoms with Crippen molar-refractivity contribution in [2.24, 2.45) is 0 Å². The fourth-order valence-electron chi connectivity index (χ4n) is 4.36. The number of nitrogens with one attached hydrogen (secondary N) is 1. The normalized spacial score (nSPS) is 11.9. The largest absolute Gasteiger partial charge is 0.357 e. The van der Waals surface area contributed by atoms with E-state index in [0.717, 1.165) is 34.1 Å². The maximum Gasteiger partial charge on any atom is 0.264 e. The first-order chi connectivity index (χ1) is 19.7. The molecular weight excluding hydrogens is 565 g/mol. The molecule has 0 aliphatic carbocycles. The molecule has 0 fully saturated rings. The standard InChI is InChI=1S/C31H29ClFN3O4S/c1-34-31(38)29(20-23-8-4-2-5-9-23)35(21-24-12-14-25(32)15-13-24)30(37)22-36(27-10-6-3-7-11-27)41(39,40)28-18-16-26(33)17-19-28/h2-19,29H,20-22H2,1H3,(H,34,38)/t29-/m1/s1. The van der Waals surface area contributed by atoms with E-state index in [-0.39, 0.29) is 23.5 Å². The molecule has 0 saturated carbocycles. The predicted molar refractivity (Wildman–Crippen MR) is 157 cm³/mol. The van der Waals surface area contributed by atoms with E-state index in [1.807, 2.05) is 30.3 Å². The lowest BCUT2D eigenvalue weighted by Crippen LogP contribution is -2.53. The predicted octanol–water partition coefficient (Wildman–Crippen LogP) is 5.06. The van der Waals surface area contributed by atoms with E-state index in [1.165, 1.54) is 11.9 Å². The first-order valence-corrected chi connectivity index (χ1v) is 14.6. The molecule has 0 aromatic heterocycles. The van der Waals surface area contributed by atoms with Crippen LogP contribution in [0.1, 0.15) is 11.1 Å². The zero-order chi connectivity index (χ0) is 29.4. The van der Waals surface area contributed by atoms with Crippen molar-refractivity contribution in [2.45, 2.75) is 23.9 Å². The number of carbonyl (C=O) groups excluding carboxylic acids is 2. The van der Waals surface area contributed by atoms with Crippen molar-refractivity contribution in [1.82, 2.24) is 10.2 Å². The van der Waals surface area contributed by atoms with Gasteiger partial charge in [0.1, 0.15) is 18.4 Å². The van der Waals surface area contributed by atoms with Crippen LogP contribution in [0.2, 0.25) is 5.02 Å². The molecule has 0 heterocycles. The molecule has 0 spiro atoms. The molecule has 1 N–H and O–H groups in total. The summed E-state index contributed by atoms with van der Waals surface area (Å²) in [7, 11) is -2.80. The highest BCUT2D eigenvalue weighted by molar-refractivity contribution is 7.92. The lowest BCUT2D eigenvalue weighted by Gasteiger charge is -2.33. The van der Waals surface area contributed by atoms with Crippen LogP contribution in [0.5, 0.6) is 0 Å². The summed E-state index contributed by atoms with van der Waals surface area (Å²) in [5.74, 6) is -1.59. The summed E-state index contributed by atoms with van der Waals surface area (Å²) in [6.07, 6.45) is 0.204. The molecule has 0 bridgehead atoms. The summed E-state index contributed by atoms with van der Waals surface area (Å²) in [6, 6.07) is 27.7. The average molecular weight is 594 g/mol.